The van der Waals surface area contributed by atoms with Crippen LogP contribution in [-0.4, -0.2) is 11.5 Å². The molecule has 0 saturated carbocycles. The Hall–Kier alpha value is -0.0226. The molecule has 0 aliphatic heterocycles. The first-order valence-electron chi connectivity index (χ1n) is 0.458. The van der Waals surface area contributed by atoms with E-state index < -0.39 is 0 Å². The van der Waals surface area contributed by atoms with Gasteiger partial charge in [0.2, 0.25) is 0 Å². The van der Waals surface area contributed by atoms with Gasteiger partial charge in [0, 0.05) is 0 Å². The zero-order valence-electron chi connectivity index (χ0n) is 2.47. The van der Waals surface area contributed by atoms with Crippen LogP contribution >= 0.6 is 0 Å². The van der Waals surface area contributed by atoms with Crippen LogP contribution in [0.15, 0.2) is 0 Å². The monoisotopic (exact) mass is 48.0 g/mol. The van der Waals surface area contributed by atoms with Gasteiger partial charge < -0.3 is 10.3 Å². The van der Waals surface area contributed by atoms with Crippen LogP contribution in [0, 0.1) is 0 Å². The molecule has 0 heterocycles. The fourth-order valence-electron chi connectivity index (χ4n) is 0. The first kappa shape index (κ1) is 9.02. The van der Waals surface area contributed by atoms with Crippen molar-refractivity contribution < 1.29 is 23.7 Å². The van der Waals surface area contributed by atoms with Gasteiger partial charge in [-0.3, -0.25) is 0 Å². The third kappa shape index (κ3) is 3700. The van der Waals surface area contributed by atoms with Gasteiger partial charge in [0.1, 0.15) is 0 Å². The Kier molecular flexibility index (Phi) is 27.5. The van der Waals surface area contributed by atoms with Crippen LogP contribution in [0.2, 0.25) is 0 Å². The van der Waals surface area contributed by atoms with E-state index in [1.165, 1.54) is 0 Å². The summed E-state index contributed by atoms with van der Waals surface area (Å²) in [7, 11) is 0. The van der Waals surface area contributed by atoms with Crippen LogP contribution in [-0.2, 0) is 0 Å². The summed E-state index contributed by atoms with van der Waals surface area (Å²) in [5.41, 5.74) is 6.97. The molecule has 0 saturated heterocycles. The minimum Gasteiger partial charge on any atom is -0.408 e. The van der Waals surface area contributed by atoms with Crippen LogP contribution < -0.4 is 18.9 Å². The first-order valence-corrected chi connectivity index (χ1v) is 0.458. The van der Waals surface area contributed by atoms with Gasteiger partial charge in [0.15, 0.2) is 0 Å². The van der Waals surface area contributed by atoms with Gasteiger partial charge in [-0.25, -0.2) is 0 Å². The van der Waals surface area contributed by atoms with Gasteiger partial charge >= 0.3 is 18.9 Å². The summed E-state index contributed by atoms with van der Waals surface area (Å²) in [6.45, 7) is 4.03. The van der Waals surface area contributed by atoms with Gasteiger partial charge in [-0.1, -0.05) is 6.72 Å². The molecule has 0 fully saturated rings. The van der Waals surface area contributed by atoms with Gasteiger partial charge in [-0.2, -0.15) is 0 Å². The topological polar surface area (TPSA) is 36.4 Å². The van der Waals surface area contributed by atoms with Gasteiger partial charge in [-0.05, 0) is 0 Å². The van der Waals surface area contributed by atoms with E-state index in [2.05, 4.69) is 6.72 Å². The number of hydrogen-bond acceptors (Lipinski definition) is 0. The molecule has 16 valence electrons. The normalized spacial score (nSPS) is 2.00. The molecular weight excluding hydrogens is 47.0 g/mol. The SMILES string of the molecule is [CH-]=[N+]=[N-].[Li+]. The van der Waals surface area contributed by atoms with Crippen molar-refractivity contribution in [3.05, 3.63) is 5.53 Å². The molecule has 0 amide bonds. The van der Waals surface area contributed by atoms with Crippen molar-refractivity contribution in [3.63, 3.8) is 0 Å². The van der Waals surface area contributed by atoms with E-state index >= 15 is 0 Å². The molecule has 3 heteroatoms. The quantitative estimate of drug-likeness (QED) is 0.0908. The molecule has 0 aromatic rings. The third-order valence-corrected chi connectivity index (χ3v) is 0. The van der Waals surface area contributed by atoms with E-state index in [4.69, 9.17) is 5.53 Å². The first-order chi connectivity index (χ1) is 1.41. The second-order valence-electron chi connectivity index (χ2n) is 0.115. The fraction of sp³-hybridized carbons (Fsp3) is 0. The molecule has 0 atom stereocenters. The largest absolute Gasteiger partial charge is 1.00 e. The maximum atomic E-state index is 6.97. The van der Waals surface area contributed by atoms with Crippen LogP contribution in [0.5, 0.6) is 0 Å². The van der Waals surface area contributed by atoms with Crippen LogP contribution in [0.3, 0.4) is 0 Å². The Bertz CT molecular complexity index is 27.0. The molecule has 0 N–H and O–H groups in total. The Morgan fingerprint density at radius 1 is 1.75 bits per heavy atom. The molecule has 2 nitrogen and oxygen atoms in total. The maximum absolute atomic E-state index is 6.97. The van der Waals surface area contributed by atoms with Gasteiger partial charge in [-0.15, -0.1) is 0 Å². The molecule has 0 aromatic carbocycles. The average Bonchev–Trinajstić information content (AvgIpc) is 0.918. The maximum Gasteiger partial charge on any atom is 1.00 e. The molecule has 0 spiro atoms. The second kappa shape index (κ2) is 12.2. The van der Waals surface area contributed by atoms with E-state index in [-0.39, 0.29) is 18.9 Å². The molecule has 0 bridgehead atoms. The van der Waals surface area contributed by atoms with Crippen molar-refractivity contribution in [1.82, 2.24) is 0 Å². The summed E-state index contributed by atoms with van der Waals surface area (Å²) >= 11 is 0. The van der Waals surface area contributed by atoms with Crippen LogP contribution in [0.1, 0.15) is 0 Å². The van der Waals surface area contributed by atoms with E-state index in [0.29, 0.717) is 0 Å². The standard InChI is InChI=1S/CHN2.Li/c1-3-2;/h1H;/q-1;+1. The van der Waals surface area contributed by atoms with Crippen LogP contribution in [0.25, 0.3) is 5.53 Å². The third-order valence-electron chi connectivity index (χ3n) is 0. The van der Waals surface area contributed by atoms with Crippen LogP contribution in [0.4, 0.5) is 0 Å². The molecule has 0 aromatic heterocycles. The molecule has 4 heavy (non-hydrogen) atoms. The van der Waals surface area contributed by atoms with Crippen molar-refractivity contribution in [3.8, 4) is 0 Å². The minimum atomic E-state index is 0. The minimum absolute atomic E-state index is 0. The van der Waals surface area contributed by atoms with Gasteiger partial charge in [0.25, 0.3) is 0 Å². The Morgan fingerprint density at radius 2 is 1.75 bits per heavy atom. The number of rotatable bonds is 0. The van der Waals surface area contributed by atoms with E-state index in [9.17, 15) is 0 Å². The molecule has 0 rings (SSSR count). The summed E-state index contributed by atoms with van der Waals surface area (Å²) in [5.74, 6) is 0. The predicted octanol–water partition coefficient (Wildman–Crippen LogP) is -3.20. The van der Waals surface area contributed by atoms with Crippen molar-refractivity contribution in [2.75, 3.05) is 0 Å². The Morgan fingerprint density at radius 3 is 1.75 bits per heavy atom. The number of nitrogens with zero attached hydrogens (tertiary/aromatic N) is 2. The molecule has 0 unspecified atom stereocenters. The Labute approximate surface area is 36.6 Å². The zero-order chi connectivity index (χ0) is 2.71. The molecular formula is CHLiN2. The second-order valence-corrected chi connectivity index (χ2v) is 0.115. The Balaban J connectivity index is 0. The summed E-state index contributed by atoms with van der Waals surface area (Å²) in [6.07, 6.45) is 0. The predicted molar refractivity (Wildman–Crippen MR) is 9.68 cm³/mol. The molecule has 0 aliphatic carbocycles. The summed E-state index contributed by atoms with van der Waals surface area (Å²) in [6, 6.07) is 0. The summed E-state index contributed by atoms with van der Waals surface area (Å²) in [5, 5.41) is 0. The zero-order valence-corrected chi connectivity index (χ0v) is 2.47. The van der Waals surface area contributed by atoms with Crippen molar-refractivity contribution in [2.24, 2.45) is 0 Å². The van der Waals surface area contributed by atoms with Crippen molar-refractivity contribution >= 4 is 6.72 Å². The molecule has 0 aliphatic rings. The van der Waals surface area contributed by atoms with E-state index in [0.717, 1.165) is 0 Å². The molecule has 0 radical (unpaired) electrons. The fourth-order valence-corrected chi connectivity index (χ4v) is 0. The van der Waals surface area contributed by atoms with Gasteiger partial charge in [0.05, 0.1) is 0 Å². The summed E-state index contributed by atoms with van der Waals surface area (Å²) < 4.78 is 0. The van der Waals surface area contributed by atoms with E-state index in [1.807, 2.05) is 4.79 Å². The van der Waals surface area contributed by atoms with Crippen molar-refractivity contribution in [2.45, 2.75) is 0 Å². The number of hydrogen-bond donors (Lipinski definition) is 0. The van der Waals surface area contributed by atoms with E-state index in [1.54, 1.807) is 0 Å². The smallest absolute Gasteiger partial charge is 0.408 e. The summed E-state index contributed by atoms with van der Waals surface area (Å²) in [4.78, 5) is 2.00. The van der Waals surface area contributed by atoms with Crippen molar-refractivity contribution in [1.29, 1.82) is 0 Å². The average molecular weight is 48.0 g/mol.